The van der Waals surface area contributed by atoms with Crippen molar-refractivity contribution in [2.45, 2.75) is 38.1 Å². The summed E-state index contributed by atoms with van der Waals surface area (Å²) < 4.78 is 14.5. The summed E-state index contributed by atoms with van der Waals surface area (Å²) in [6.07, 6.45) is 5.77. The second-order valence-electron chi connectivity index (χ2n) is 7.72. The number of aryl methyl sites for hydroxylation is 1. The van der Waals surface area contributed by atoms with Crippen LogP contribution in [0.3, 0.4) is 0 Å². The summed E-state index contributed by atoms with van der Waals surface area (Å²) in [4.78, 5) is 2.60. The van der Waals surface area contributed by atoms with E-state index >= 15 is 0 Å². The van der Waals surface area contributed by atoms with Crippen LogP contribution in [0, 0.1) is 11.7 Å². The average molecular weight is 490 g/mol. The van der Waals surface area contributed by atoms with E-state index in [1.54, 1.807) is 6.07 Å². The van der Waals surface area contributed by atoms with Gasteiger partial charge in [0.2, 0.25) is 0 Å². The van der Waals surface area contributed by atoms with Gasteiger partial charge in [-0.15, -0.1) is 24.8 Å². The van der Waals surface area contributed by atoms with Crippen molar-refractivity contribution in [1.82, 2.24) is 4.90 Å². The highest BCUT2D eigenvalue weighted by molar-refractivity contribution is 9.10. The third-order valence-electron chi connectivity index (χ3n) is 5.84. The number of anilines is 1. The first-order chi connectivity index (χ1) is 12.7. The summed E-state index contributed by atoms with van der Waals surface area (Å²) in [7, 11) is 0. The Labute approximate surface area is 188 Å². The maximum atomic E-state index is 13.5. The Morgan fingerprint density at radius 2 is 1.79 bits per heavy atom. The maximum absolute atomic E-state index is 13.5. The number of likely N-dealkylation sites (tertiary alicyclic amines) is 1. The predicted molar refractivity (Wildman–Crippen MR) is 124 cm³/mol. The van der Waals surface area contributed by atoms with Crippen molar-refractivity contribution in [1.29, 1.82) is 0 Å². The van der Waals surface area contributed by atoms with E-state index < -0.39 is 0 Å². The van der Waals surface area contributed by atoms with E-state index in [4.69, 9.17) is 0 Å². The van der Waals surface area contributed by atoms with Gasteiger partial charge in [-0.3, -0.25) is 0 Å². The molecule has 1 unspecified atom stereocenters. The van der Waals surface area contributed by atoms with Gasteiger partial charge in [-0.25, -0.2) is 4.39 Å². The Bertz CT molecular complexity index is 766. The number of hydrogen-bond donors (Lipinski definition) is 1. The molecule has 1 N–H and O–H groups in total. The minimum Gasteiger partial charge on any atom is -0.381 e. The molecule has 2 aromatic rings. The highest BCUT2D eigenvalue weighted by Crippen LogP contribution is 2.28. The molecule has 2 aliphatic rings. The van der Waals surface area contributed by atoms with Gasteiger partial charge in [-0.05, 0) is 86.5 Å². The van der Waals surface area contributed by atoms with Crippen LogP contribution in [0.1, 0.15) is 30.4 Å². The molecule has 1 saturated heterocycles. The second-order valence-corrected chi connectivity index (χ2v) is 8.58. The molecular weight excluding hydrogens is 462 g/mol. The Kier molecular flexibility index (Phi) is 9.07. The van der Waals surface area contributed by atoms with Crippen LogP contribution in [0.4, 0.5) is 10.1 Å². The molecular formula is C22H28BrCl2FN2. The minimum absolute atomic E-state index is 0. The van der Waals surface area contributed by atoms with E-state index in [-0.39, 0.29) is 30.6 Å². The lowest BCUT2D eigenvalue weighted by Crippen LogP contribution is -2.43. The molecule has 0 radical (unpaired) electrons. The third-order valence-corrected chi connectivity index (χ3v) is 6.61. The zero-order chi connectivity index (χ0) is 17.9. The van der Waals surface area contributed by atoms with Crippen molar-refractivity contribution < 1.29 is 4.39 Å². The van der Waals surface area contributed by atoms with Crippen LogP contribution in [0.2, 0.25) is 0 Å². The van der Waals surface area contributed by atoms with Crippen molar-refractivity contribution in [2.75, 3.05) is 25.0 Å². The summed E-state index contributed by atoms with van der Waals surface area (Å²) in [6.45, 7) is 3.43. The number of fused-ring (bicyclic) bond motifs is 1. The summed E-state index contributed by atoms with van der Waals surface area (Å²) >= 11 is 3.56. The smallest absolute Gasteiger partial charge is 0.123 e. The predicted octanol–water partition coefficient (Wildman–Crippen LogP) is 6.11. The normalized spacial score (nSPS) is 19.7. The molecule has 2 aromatic carbocycles. The molecule has 4 rings (SSSR count). The molecule has 0 aliphatic carbocycles. The van der Waals surface area contributed by atoms with Gasteiger partial charge in [0.1, 0.15) is 5.82 Å². The van der Waals surface area contributed by atoms with Crippen LogP contribution in [-0.4, -0.2) is 30.6 Å². The first-order valence-electron chi connectivity index (χ1n) is 9.68. The van der Waals surface area contributed by atoms with Crippen LogP contribution in [0.5, 0.6) is 0 Å². The minimum atomic E-state index is -0.135. The van der Waals surface area contributed by atoms with Gasteiger partial charge in [-0.2, -0.15) is 0 Å². The number of hydrogen-bond acceptors (Lipinski definition) is 2. The van der Waals surface area contributed by atoms with Crippen molar-refractivity contribution in [3.8, 4) is 0 Å². The third kappa shape index (κ3) is 5.85. The molecule has 0 aromatic heterocycles. The lowest BCUT2D eigenvalue weighted by atomic mass is 9.89. The molecule has 1 fully saturated rings. The van der Waals surface area contributed by atoms with Crippen LogP contribution in [-0.2, 0) is 12.8 Å². The lowest BCUT2D eigenvalue weighted by Gasteiger charge is -2.36. The number of benzene rings is 2. The van der Waals surface area contributed by atoms with Gasteiger partial charge in [0.15, 0.2) is 0 Å². The van der Waals surface area contributed by atoms with E-state index in [9.17, 15) is 4.39 Å². The van der Waals surface area contributed by atoms with Crippen molar-refractivity contribution >= 4 is 46.4 Å². The fraction of sp³-hybridized carbons (Fsp3) is 0.455. The van der Waals surface area contributed by atoms with Gasteiger partial charge >= 0.3 is 0 Å². The lowest BCUT2D eigenvalue weighted by molar-refractivity contribution is 0.175. The Balaban J connectivity index is 0.00000140. The topological polar surface area (TPSA) is 15.3 Å². The average Bonchev–Trinajstić information content (AvgIpc) is 2.66. The Hall–Kier alpha value is -0.810. The van der Waals surface area contributed by atoms with Gasteiger partial charge in [0.25, 0.3) is 0 Å². The van der Waals surface area contributed by atoms with Crippen molar-refractivity contribution in [2.24, 2.45) is 5.92 Å². The Morgan fingerprint density at radius 1 is 1.04 bits per heavy atom. The molecule has 2 nitrogen and oxygen atoms in total. The number of nitrogens with zero attached hydrogens (tertiary/aromatic N) is 1. The fourth-order valence-electron chi connectivity index (χ4n) is 4.33. The molecule has 0 spiro atoms. The summed E-state index contributed by atoms with van der Waals surface area (Å²) in [5.74, 6) is 0.522. The molecule has 2 aliphatic heterocycles. The highest BCUT2D eigenvalue weighted by Gasteiger charge is 2.24. The summed E-state index contributed by atoms with van der Waals surface area (Å²) in [5, 5.41) is 3.72. The highest BCUT2D eigenvalue weighted by atomic mass is 79.9. The van der Waals surface area contributed by atoms with E-state index in [2.05, 4.69) is 50.4 Å². The van der Waals surface area contributed by atoms with Gasteiger partial charge < -0.3 is 10.2 Å². The molecule has 154 valence electrons. The first-order valence-corrected chi connectivity index (χ1v) is 10.5. The summed E-state index contributed by atoms with van der Waals surface area (Å²) in [5.41, 5.74) is 3.87. The molecule has 0 amide bonds. The number of nitrogens with one attached hydrogen (secondary N) is 1. The monoisotopic (exact) mass is 488 g/mol. The number of rotatable bonds is 4. The van der Waals surface area contributed by atoms with Crippen LogP contribution in [0.15, 0.2) is 46.9 Å². The van der Waals surface area contributed by atoms with Crippen LogP contribution >= 0.6 is 40.7 Å². The van der Waals surface area contributed by atoms with E-state index in [1.165, 1.54) is 43.0 Å². The van der Waals surface area contributed by atoms with Gasteiger partial charge in [0.05, 0.1) is 0 Å². The molecule has 0 bridgehead atoms. The summed E-state index contributed by atoms with van der Waals surface area (Å²) in [6, 6.07) is 14.3. The molecule has 1 atom stereocenters. The zero-order valence-electron chi connectivity index (χ0n) is 15.9. The maximum Gasteiger partial charge on any atom is 0.123 e. The quantitative estimate of drug-likeness (QED) is 0.557. The SMILES string of the molecule is Cl.Cl.Fc1ccc(Br)c(CC2CCN(CC3CCc4ccccc4N3)CC2)c1. The van der Waals surface area contributed by atoms with Crippen molar-refractivity contribution in [3.05, 3.63) is 63.9 Å². The molecule has 2 heterocycles. The molecule has 28 heavy (non-hydrogen) atoms. The molecule has 6 heteroatoms. The van der Waals surface area contributed by atoms with Crippen LogP contribution in [0.25, 0.3) is 0 Å². The second kappa shape index (κ2) is 10.8. The number of piperidine rings is 1. The largest absolute Gasteiger partial charge is 0.381 e. The number of halogens is 4. The Morgan fingerprint density at radius 3 is 2.57 bits per heavy atom. The first kappa shape index (κ1) is 23.5. The van der Waals surface area contributed by atoms with E-state index in [0.29, 0.717) is 12.0 Å². The van der Waals surface area contributed by atoms with Gasteiger partial charge in [-0.1, -0.05) is 34.1 Å². The zero-order valence-corrected chi connectivity index (χ0v) is 19.1. The van der Waals surface area contributed by atoms with E-state index in [0.717, 1.165) is 36.1 Å². The molecule has 0 saturated carbocycles. The van der Waals surface area contributed by atoms with Gasteiger partial charge in [0, 0.05) is 22.7 Å². The number of para-hydroxylation sites is 1. The van der Waals surface area contributed by atoms with Crippen molar-refractivity contribution in [3.63, 3.8) is 0 Å². The van der Waals surface area contributed by atoms with E-state index in [1.807, 2.05) is 6.07 Å². The standard InChI is InChI=1S/C22H26BrFN2.2ClH/c23-21-8-6-19(24)14-18(21)13-16-9-11-26(12-10-16)15-20-7-5-17-3-1-2-4-22(17)25-20;;/h1-4,6,8,14,16,20,25H,5,7,9-13,15H2;2*1H. The van der Waals surface area contributed by atoms with Crippen LogP contribution < -0.4 is 5.32 Å². The fourth-order valence-corrected chi connectivity index (χ4v) is 4.74.